The van der Waals surface area contributed by atoms with Crippen LogP contribution in [-0.4, -0.2) is 107 Å². The number of carbonyl (C=O) groups excluding carboxylic acids is 3. The molecule has 0 bridgehead atoms. The second-order valence-corrected chi connectivity index (χ2v) is 11.6. The predicted molar refractivity (Wildman–Crippen MR) is 175 cm³/mol. The molecular formula is C35H46N6O4. The van der Waals surface area contributed by atoms with Gasteiger partial charge in [0.05, 0.1) is 12.3 Å². The van der Waals surface area contributed by atoms with Crippen LogP contribution >= 0.6 is 0 Å². The third-order valence-electron chi connectivity index (χ3n) is 8.58. The Hall–Kier alpha value is -4.28. The predicted octanol–water partition coefficient (Wildman–Crippen LogP) is 3.46. The largest absolute Gasteiger partial charge is 0.383 e. The normalized spacial score (nSPS) is 15.2. The lowest BCUT2D eigenvalue weighted by molar-refractivity contribution is -0.151. The summed E-state index contributed by atoms with van der Waals surface area (Å²) in [6, 6.07) is 18.8. The molecule has 10 nitrogen and oxygen atoms in total. The highest BCUT2D eigenvalue weighted by atomic mass is 16.5. The van der Waals surface area contributed by atoms with Crippen LogP contribution in [0.1, 0.15) is 41.2 Å². The Kier molecular flexibility index (Phi) is 11.7. The van der Waals surface area contributed by atoms with E-state index in [-0.39, 0.29) is 17.7 Å². The lowest BCUT2D eigenvalue weighted by Crippen LogP contribution is -2.59. The maximum Gasteiger partial charge on any atom is 0.248 e. The van der Waals surface area contributed by atoms with Gasteiger partial charge in [-0.25, -0.2) is 0 Å². The summed E-state index contributed by atoms with van der Waals surface area (Å²) in [6.45, 7) is 8.42. The fourth-order valence-corrected chi connectivity index (χ4v) is 5.91. The van der Waals surface area contributed by atoms with Gasteiger partial charge in [0.1, 0.15) is 12.2 Å². The molecule has 10 heteroatoms. The summed E-state index contributed by atoms with van der Waals surface area (Å²) in [6.07, 6.45) is 3.15. The monoisotopic (exact) mass is 614 g/mol. The number of carbonyl (C=O) groups is 3. The second kappa shape index (κ2) is 15.6. The fourth-order valence-electron chi connectivity index (χ4n) is 5.91. The van der Waals surface area contributed by atoms with Crippen LogP contribution in [0.3, 0.4) is 0 Å². The lowest BCUT2D eigenvalue weighted by Gasteiger charge is -2.46. The number of hydrogen-bond donors (Lipinski definition) is 0. The van der Waals surface area contributed by atoms with E-state index in [1.165, 1.54) is 0 Å². The van der Waals surface area contributed by atoms with E-state index in [1.54, 1.807) is 47.7 Å². The topological polar surface area (TPSA) is 91.2 Å². The maximum atomic E-state index is 14.7. The average Bonchev–Trinajstić information content (AvgIpc) is 3.30. The van der Waals surface area contributed by atoms with Crippen LogP contribution in [-0.2, 0) is 32.6 Å². The van der Waals surface area contributed by atoms with E-state index in [1.807, 2.05) is 86.5 Å². The van der Waals surface area contributed by atoms with Crippen LogP contribution in [0.15, 0.2) is 66.7 Å². The Balaban J connectivity index is 1.86. The fraction of sp³-hybridized carbons (Fsp3) is 0.429. The minimum Gasteiger partial charge on any atom is -0.383 e. The molecule has 1 aliphatic rings. The summed E-state index contributed by atoms with van der Waals surface area (Å²) in [5.74, 6) is -0.425. The van der Waals surface area contributed by atoms with Crippen molar-refractivity contribution in [2.24, 2.45) is 7.05 Å². The highest BCUT2D eigenvalue weighted by Gasteiger charge is 2.40. The first kappa shape index (κ1) is 33.6. The van der Waals surface area contributed by atoms with Crippen LogP contribution < -0.4 is 0 Å². The number of aromatic nitrogens is 2. The molecule has 0 aliphatic carbocycles. The van der Waals surface area contributed by atoms with Crippen molar-refractivity contribution < 1.29 is 19.1 Å². The van der Waals surface area contributed by atoms with Crippen LogP contribution in [0.5, 0.6) is 0 Å². The van der Waals surface area contributed by atoms with Crippen molar-refractivity contribution in [3.05, 3.63) is 94.8 Å². The zero-order chi connectivity index (χ0) is 32.5. The molecule has 0 radical (unpaired) electrons. The molecule has 1 fully saturated rings. The number of amides is 3. The van der Waals surface area contributed by atoms with E-state index < -0.39 is 12.2 Å². The summed E-state index contributed by atoms with van der Waals surface area (Å²) >= 11 is 0. The summed E-state index contributed by atoms with van der Waals surface area (Å²) in [5.41, 5.74) is 4.49. The van der Waals surface area contributed by atoms with Crippen molar-refractivity contribution in [2.75, 3.05) is 53.5 Å². The molecule has 1 saturated heterocycles. The summed E-state index contributed by atoms with van der Waals surface area (Å²) < 4.78 is 7.08. The first-order valence-corrected chi connectivity index (χ1v) is 15.4. The van der Waals surface area contributed by atoms with Crippen LogP contribution in [0.4, 0.5) is 0 Å². The smallest absolute Gasteiger partial charge is 0.248 e. The standard InChI is InChI=1S/C35H46N6O4/c1-26-31(27(2)38(5)36-26)17-18-33(43)41(32(25-29-13-9-7-10-14-29)35(44)37(4)23-24-45-6)34(30-15-11-8-12-16-30)40-21-19-39(20-22-40)28(3)42/h7-18,32,34H,19-25H2,1-6H3/b18-17+/t32?,34-/m0/s1. The van der Waals surface area contributed by atoms with Gasteiger partial charge in [-0.2, -0.15) is 5.10 Å². The molecule has 1 aromatic heterocycles. The molecule has 2 heterocycles. The molecule has 2 atom stereocenters. The van der Waals surface area contributed by atoms with Crippen LogP contribution in [0.2, 0.25) is 0 Å². The number of ether oxygens (including phenoxy) is 1. The molecule has 0 N–H and O–H groups in total. The minimum atomic E-state index is -0.821. The minimum absolute atomic E-state index is 0.0286. The van der Waals surface area contributed by atoms with Gasteiger partial charge in [-0.05, 0) is 31.1 Å². The Bertz CT molecular complexity index is 1460. The molecular weight excluding hydrogens is 568 g/mol. The van der Waals surface area contributed by atoms with Crippen molar-refractivity contribution >= 4 is 23.8 Å². The zero-order valence-corrected chi connectivity index (χ0v) is 27.3. The van der Waals surface area contributed by atoms with E-state index in [2.05, 4.69) is 10.00 Å². The number of rotatable bonds is 12. The van der Waals surface area contributed by atoms with Crippen molar-refractivity contribution in [2.45, 2.75) is 39.4 Å². The molecule has 240 valence electrons. The zero-order valence-electron chi connectivity index (χ0n) is 27.3. The van der Waals surface area contributed by atoms with Gasteiger partial charge in [0.15, 0.2) is 0 Å². The van der Waals surface area contributed by atoms with Gasteiger partial charge in [-0.3, -0.25) is 24.0 Å². The van der Waals surface area contributed by atoms with Gasteiger partial charge >= 0.3 is 0 Å². The number of piperazine rings is 1. The summed E-state index contributed by atoms with van der Waals surface area (Å²) in [5, 5.41) is 4.51. The maximum absolute atomic E-state index is 14.7. The van der Waals surface area contributed by atoms with Gasteiger partial charge in [0, 0.05) is 84.6 Å². The Morgan fingerprint density at radius 3 is 2.16 bits per heavy atom. The molecule has 3 amide bonds. The van der Waals surface area contributed by atoms with Gasteiger partial charge in [-0.15, -0.1) is 0 Å². The van der Waals surface area contributed by atoms with Gasteiger partial charge in [0.25, 0.3) is 0 Å². The Morgan fingerprint density at radius 1 is 0.978 bits per heavy atom. The number of hydrogen-bond acceptors (Lipinski definition) is 6. The molecule has 1 aliphatic heterocycles. The van der Waals surface area contributed by atoms with Crippen LogP contribution in [0.25, 0.3) is 6.08 Å². The van der Waals surface area contributed by atoms with Crippen molar-refractivity contribution in [3.8, 4) is 0 Å². The van der Waals surface area contributed by atoms with E-state index in [0.29, 0.717) is 45.8 Å². The Labute approximate surface area is 266 Å². The highest BCUT2D eigenvalue weighted by molar-refractivity contribution is 5.96. The quantitative estimate of drug-likeness (QED) is 0.291. The summed E-state index contributed by atoms with van der Waals surface area (Å²) in [7, 11) is 5.24. The number of likely N-dealkylation sites (N-methyl/N-ethyl adjacent to an activating group) is 1. The van der Waals surface area contributed by atoms with Gasteiger partial charge in [-0.1, -0.05) is 60.7 Å². The van der Waals surface area contributed by atoms with Crippen molar-refractivity contribution in [1.29, 1.82) is 0 Å². The van der Waals surface area contributed by atoms with Crippen molar-refractivity contribution in [1.82, 2.24) is 29.4 Å². The van der Waals surface area contributed by atoms with Gasteiger partial charge in [0.2, 0.25) is 17.7 Å². The first-order valence-electron chi connectivity index (χ1n) is 15.4. The average molecular weight is 615 g/mol. The number of aryl methyl sites for hydroxylation is 2. The Morgan fingerprint density at radius 2 is 1.60 bits per heavy atom. The molecule has 2 aromatic carbocycles. The molecule has 4 rings (SSSR count). The lowest BCUT2D eigenvalue weighted by atomic mass is 9.99. The highest BCUT2D eigenvalue weighted by Crippen LogP contribution is 2.31. The van der Waals surface area contributed by atoms with Gasteiger partial charge < -0.3 is 19.4 Å². The molecule has 1 unspecified atom stereocenters. The van der Waals surface area contributed by atoms with E-state index in [0.717, 1.165) is 28.1 Å². The van der Waals surface area contributed by atoms with E-state index >= 15 is 0 Å². The summed E-state index contributed by atoms with van der Waals surface area (Å²) in [4.78, 5) is 48.7. The SMILES string of the molecule is COCCN(C)C(=O)C(Cc1ccccc1)N(C(=O)/C=C/c1c(C)nn(C)c1C)[C@@H](c1ccccc1)N1CCN(C(C)=O)CC1. The third-order valence-corrected chi connectivity index (χ3v) is 8.58. The number of nitrogens with zero attached hydrogens (tertiary/aromatic N) is 6. The third kappa shape index (κ3) is 8.26. The molecule has 0 saturated carbocycles. The first-order chi connectivity index (χ1) is 21.6. The van der Waals surface area contributed by atoms with E-state index in [9.17, 15) is 14.4 Å². The van der Waals surface area contributed by atoms with E-state index in [4.69, 9.17) is 4.74 Å². The molecule has 45 heavy (non-hydrogen) atoms. The number of methoxy groups -OCH3 is 1. The van der Waals surface area contributed by atoms with Crippen molar-refractivity contribution in [3.63, 3.8) is 0 Å². The van der Waals surface area contributed by atoms with Crippen LogP contribution in [0, 0.1) is 13.8 Å². The number of benzene rings is 2. The molecule has 0 spiro atoms. The molecule has 3 aromatic rings. The second-order valence-electron chi connectivity index (χ2n) is 11.6.